The van der Waals surface area contributed by atoms with Crippen LogP contribution >= 0.6 is 0 Å². The van der Waals surface area contributed by atoms with Crippen LogP contribution in [0.1, 0.15) is 449 Å². The van der Waals surface area contributed by atoms with Gasteiger partial charge in [-0.05, 0) is 98.2 Å². The molecule has 0 N–H and O–H groups in total. The molecule has 2 heterocycles. The summed E-state index contributed by atoms with van der Waals surface area (Å²) in [7, 11) is 0. The van der Waals surface area contributed by atoms with Crippen LogP contribution in [0.2, 0.25) is 0 Å². The second-order valence-corrected chi connectivity index (χ2v) is 31.0. The van der Waals surface area contributed by atoms with Crippen molar-refractivity contribution in [1.29, 1.82) is 0 Å². The molecular weight excluding hydrogens is 1480 g/mol. The first kappa shape index (κ1) is 105. The zero-order chi connectivity index (χ0) is 75.4. The van der Waals surface area contributed by atoms with Crippen molar-refractivity contribution in [2.24, 2.45) is 0 Å². The first-order chi connectivity index (χ1) is 52.6. The Labute approximate surface area is 699 Å². The monoisotopic (exact) mass is 1640 g/mol. The fourth-order valence-corrected chi connectivity index (χ4v) is 14.1. The van der Waals surface area contributed by atoms with E-state index in [1.807, 2.05) is 49.1 Å². The summed E-state index contributed by atoms with van der Waals surface area (Å²) < 4.78 is 39.6. The van der Waals surface area contributed by atoms with Gasteiger partial charge in [-0.25, -0.2) is 0 Å². The standard InChI is InChI=1S/2C49H83NO3.2ClH.Pd/c2*1-4-7-10-13-16-19-22-25-28-31-42-51-47-37-36-46(35-34-45-38-40-50-41-39-45)48(52-43-32-29-26-23-20-17-14-11-8-5-2)49(47)53-44-33-30-27-24-21-18-15-12-9-6-3;;;/h2*34-41H,4-33,42-44H2,1-3H3;2*1H;/p-2/b2*35-34+;;;. The summed E-state index contributed by atoms with van der Waals surface area (Å²) in [6, 6.07) is 16.6. The molecule has 0 bridgehead atoms. The molecule has 0 aliphatic carbocycles. The van der Waals surface area contributed by atoms with Gasteiger partial charge in [-0.15, -0.1) is 0 Å². The maximum atomic E-state index is 6.66. The molecule has 630 valence electrons. The molecule has 4 rings (SSSR count). The fraction of sp³-hybridized carbons (Fsp3) is 0.735. The van der Waals surface area contributed by atoms with Gasteiger partial charge in [0.15, 0.2) is 23.0 Å². The number of pyridine rings is 2. The number of nitrogens with zero attached hydrogens (tertiary/aromatic N) is 2. The second-order valence-electron chi connectivity index (χ2n) is 31.0. The van der Waals surface area contributed by atoms with E-state index in [1.54, 1.807) is 0 Å². The van der Waals surface area contributed by atoms with E-state index in [0.29, 0.717) is 26.4 Å². The van der Waals surface area contributed by atoms with Crippen molar-refractivity contribution in [3.8, 4) is 34.5 Å². The quantitative estimate of drug-likeness (QED) is 0.0319. The molecule has 0 saturated carbocycles. The van der Waals surface area contributed by atoms with Gasteiger partial charge in [0, 0.05) is 56.3 Å². The Bertz CT molecular complexity index is 2400. The van der Waals surface area contributed by atoms with Gasteiger partial charge in [0.05, 0.1) is 39.6 Å². The number of aromatic nitrogens is 2. The van der Waals surface area contributed by atoms with E-state index in [-0.39, 0.29) is 45.2 Å². The number of benzene rings is 2. The maximum Gasteiger partial charge on any atom is 0.204 e. The molecule has 0 aliphatic heterocycles. The second kappa shape index (κ2) is 82.2. The van der Waals surface area contributed by atoms with Gasteiger partial charge < -0.3 is 53.2 Å². The Balaban J connectivity index is 0.00000208. The largest absolute Gasteiger partial charge is 1.00 e. The van der Waals surface area contributed by atoms with E-state index in [0.717, 1.165) is 108 Å². The first-order valence-electron chi connectivity index (χ1n) is 45.9. The number of hydrogen-bond donors (Lipinski definition) is 0. The summed E-state index contributed by atoms with van der Waals surface area (Å²) in [6.07, 6.45) is 94.9. The van der Waals surface area contributed by atoms with E-state index >= 15 is 0 Å². The van der Waals surface area contributed by atoms with Crippen LogP contribution < -0.4 is 53.2 Å². The van der Waals surface area contributed by atoms with Crippen LogP contribution in [-0.4, -0.2) is 49.6 Å². The van der Waals surface area contributed by atoms with E-state index in [9.17, 15) is 0 Å². The first-order valence-corrected chi connectivity index (χ1v) is 45.9. The molecule has 0 spiro atoms. The molecular formula is C98H166Cl2N2O6Pd-2. The molecule has 0 atom stereocenters. The minimum atomic E-state index is 0. The van der Waals surface area contributed by atoms with E-state index in [2.05, 4.69) is 100 Å². The minimum Gasteiger partial charge on any atom is -1.00 e. The molecule has 0 unspecified atom stereocenters. The summed E-state index contributed by atoms with van der Waals surface area (Å²) >= 11 is 0. The number of halogens is 2. The molecule has 0 aliphatic rings. The van der Waals surface area contributed by atoms with Crippen LogP contribution in [0, 0.1) is 0 Å². The van der Waals surface area contributed by atoms with Crippen LogP contribution in [0.5, 0.6) is 34.5 Å². The molecule has 0 radical (unpaired) electrons. The molecule has 2 aromatic carbocycles. The van der Waals surface area contributed by atoms with Crippen LogP contribution in [0.25, 0.3) is 24.3 Å². The van der Waals surface area contributed by atoms with Crippen molar-refractivity contribution in [2.75, 3.05) is 39.6 Å². The van der Waals surface area contributed by atoms with Gasteiger partial charge in [-0.3, -0.25) is 9.97 Å². The van der Waals surface area contributed by atoms with Gasteiger partial charge in [-0.1, -0.05) is 413 Å². The number of unbranched alkanes of at least 4 members (excludes halogenated alkanes) is 54. The van der Waals surface area contributed by atoms with E-state index in [4.69, 9.17) is 28.4 Å². The Morgan fingerprint density at radius 2 is 0.376 bits per heavy atom. The summed E-state index contributed by atoms with van der Waals surface area (Å²) in [6.45, 7) is 18.0. The van der Waals surface area contributed by atoms with Gasteiger partial charge in [0.2, 0.25) is 11.5 Å². The number of ether oxygens (including phenoxy) is 6. The van der Waals surface area contributed by atoms with E-state index < -0.39 is 0 Å². The third-order valence-corrected chi connectivity index (χ3v) is 21.0. The Morgan fingerprint density at radius 3 is 0.578 bits per heavy atom. The van der Waals surface area contributed by atoms with E-state index in [1.165, 1.54) is 347 Å². The van der Waals surface area contributed by atoms with Crippen LogP contribution in [0.4, 0.5) is 0 Å². The molecule has 11 heteroatoms. The predicted molar refractivity (Wildman–Crippen MR) is 463 cm³/mol. The Kier molecular flexibility index (Phi) is 79.4. The predicted octanol–water partition coefficient (Wildman–Crippen LogP) is 26.3. The Morgan fingerprint density at radius 1 is 0.202 bits per heavy atom. The summed E-state index contributed by atoms with van der Waals surface area (Å²) in [5.41, 5.74) is 4.32. The minimum absolute atomic E-state index is 0. The van der Waals surface area contributed by atoms with Crippen molar-refractivity contribution in [1.82, 2.24) is 9.97 Å². The number of rotatable bonds is 76. The zero-order valence-electron chi connectivity index (χ0n) is 71.3. The van der Waals surface area contributed by atoms with Crippen LogP contribution in [-0.2, 0) is 20.4 Å². The van der Waals surface area contributed by atoms with Crippen molar-refractivity contribution in [3.05, 3.63) is 95.6 Å². The summed E-state index contributed by atoms with van der Waals surface area (Å²) in [5.74, 6) is 4.89. The SMILES string of the molecule is CCCCCCCCCCCCOc1ccc(/C=C/c2ccncc2)c(OCCCCCCCCCCCC)c1OCCCCCCCCCCCC.CCCCCCCCCCCCOc1ccc(/C=C/c2ccncc2)c(OCCCCCCCCCCCC)c1OCCCCCCCCCCCC.[Cl-].[Cl-].[Pd]. The van der Waals surface area contributed by atoms with Crippen molar-refractivity contribution >= 4 is 24.3 Å². The average Bonchev–Trinajstić information content (AvgIpc) is 0.823. The van der Waals surface area contributed by atoms with Gasteiger partial charge in [0.25, 0.3) is 0 Å². The number of hydrogen-bond acceptors (Lipinski definition) is 8. The van der Waals surface area contributed by atoms with Crippen molar-refractivity contribution in [2.45, 2.75) is 427 Å². The summed E-state index contributed by atoms with van der Waals surface area (Å²) in [4.78, 5) is 8.38. The fourth-order valence-electron chi connectivity index (χ4n) is 14.1. The molecule has 8 nitrogen and oxygen atoms in total. The van der Waals surface area contributed by atoms with Crippen LogP contribution in [0.3, 0.4) is 0 Å². The Hall–Kier alpha value is -3.74. The third kappa shape index (κ3) is 60.5. The van der Waals surface area contributed by atoms with Gasteiger partial charge >= 0.3 is 0 Å². The third-order valence-electron chi connectivity index (χ3n) is 21.0. The molecule has 2 aromatic heterocycles. The van der Waals surface area contributed by atoms with Crippen molar-refractivity contribution < 1.29 is 73.7 Å². The maximum absolute atomic E-state index is 6.66. The average molecular weight is 1650 g/mol. The molecule has 4 aromatic rings. The van der Waals surface area contributed by atoms with Gasteiger partial charge in [0.1, 0.15) is 0 Å². The molecule has 109 heavy (non-hydrogen) atoms. The topological polar surface area (TPSA) is 81.2 Å². The smallest absolute Gasteiger partial charge is 0.204 e. The van der Waals surface area contributed by atoms with Gasteiger partial charge in [-0.2, -0.15) is 0 Å². The normalized spacial score (nSPS) is 11.1. The zero-order valence-corrected chi connectivity index (χ0v) is 74.4. The van der Waals surface area contributed by atoms with Crippen LogP contribution in [0.15, 0.2) is 73.3 Å². The summed E-state index contributed by atoms with van der Waals surface area (Å²) in [5, 5.41) is 0. The molecule has 0 amide bonds. The molecule has 0 fully saturated rings. The van der Waals surface area contributed by atoms with Crippen molar-refractivity contribution in [3.63, 3.8) is 0 Å². The molecule has 0 saturated heterocycles.